The maximum absolute atomic E-state index is 5.91. The fraction of sp³-hybridized carbons (Fsp3) is 0.429. The zero-order valence-corrected chi connectivity index (χ0v) is 8.91. The van der Waals surface area contributed by atoms with Crippen molar-refractivity contribution in [3.05, 3.63) is 21.0 Å². The number of hydrogen-bond acceptors (Lipinski definition) is 2. The lowest BCUT2D eigenvalue weighted by atomic mass is 10.2. The first-order valence-electron chi connectivity index (χ1n) is 3.36. The van der Waals surface area contributed by atoms with E-state index in [0.29, 0.717) is 0 Å². The number of rotatable bonds is 1. The second-order valence-corrected chi connectivity index (χ2v) is 4.46. The van der Waals surface area contributed by atoms with E-state index in [1.807, 2.05) is 6.07 Å². The van der Waals surface area contributed by atoms with E-state index in [4.69, 9.17) is 10.2 Å². The van der Waals surface area contributed by atoms with Crippen LogP contribution in [0.5, 0.6) is 0 Å². The minimum absolute atomic E-state index is 0.172. The zero-order chi connectivity index (χ0) is 8.06. The van der Waals surface area contributed by atoms with Crippen molar-refractivity contribution < 1.29 is 4.42 Å². The molecule has 1 aromatic heterocycles. The second-order valence-electron chi connectivity index (χ2n) is 2.89. The molecule has 2 nitrogen and oxygen atoms in total. The molecule has 1 heterocycles. The van der Waals surface area contributed by atoms with Gasteiger partial charge in [-0.3, -0.25) is 0 Å². The predicted octanol–water partition coefficient (Wildman–Crippen LogP) is 2.75. The monoisotopic (exact) mass is 279 g/mol. The third-order valence-electron chi connectivity index (χ3n) is 1.92. The van der Waals surface area contributed by atoms with Crippen molar-refractivity contribution in [2.24, 2.45) is 5.73 Å². The topological polar surface area (TPSA) is 39.2 Å². The average molecular weight is 281 g/mol. The molecule has 1 saturated carbocycles. The van der Waals surface area contributed by atoms with Gasteiger partial charge in [0.2, 0.25) is 0 Å². The molecule has 60 valence electrons. The summed E-state index contributed by atoms with van der Waals surface area (Å²) in [5.74, 6) is 0.872. The fourth-order valence-electron chi connectivity index (χ4n) is 0.973. The van der Waals surface area contributed by atoms with Crippen molar-refractivity contribution in [1.82, 2.24) is 0 Å². The Labute approximate surface area is 81.4 Å². The highest BCUT2D eigenvalue weighted by Gasteiger charge is 2.43. The number of hydrogen-bond donors (Lipinski definition) is 1. The van der Waals surface area contributed by atoms with Crippen LogP contribution in [-0.4, -0.2) is 0 Å². The minimum atomic E-state index is -0.172. The predicted molar refractivity (Wildman–Crippen MR) is 49.2 cm³/mol. The maximum Gasteiger partial charge on any atom is 0.183 e. The molecule has 0 amide bonds. The van der Waals surface area contributed by atoms with E-state index in [2.05, 4.69) is 31.9 Å². The highest BCUT2D eigenvalue weighted by molar-refractivity contribution is 9.13. The van der Waals surface area contributed by atoms with Crippen LogP contribution < -0.4 is 5.73 Å². The minimum Gasteiger partial charge on any atom is -0.451 e. The van der Waals surface area contributed by atoms with Crippen LogP contribution in [0.4, 0.5) is 0 Å². The number of nitrogens with two attached hydrogens (primary N) is 1. The second kappa shape index (κ2) is 2.34. The molecule has 0 unspecified atom stereocenters. The molecule has 2 rings (SSSR count). The van der Waals surface area contributed by atoms with Crippen molar-refractivity contribution in [2.75, 3.05) is 0 Å². The summed E-state index contributed by atoms with van der Waals surface area (Å²) in [6, 6.07) is 1.93. The van der Waals surface area contributed by atoms with Gasteiger partial charge in [0.25, 0.3) is 0 Å². The Kier molecular flexibility index (Phi) is 1.67. The molecular weight excluding hydrogens is 274 g/mol. The molecule has 1 aliphatic rings. The molecule has 0 spiro atoms. The Morgan fingerprint density at radius 2 is 2.09 bits per heavy atom. The lowest BCUT2D eigenvalue weighted by Crippen LogP contribution is -2.17. The van der Waals surface area contributed by atoms with Gasteiger partial charge in [-0.15, -0.1) is 0 Å². The first-order valence-corrected chi connectivity index (χ1v) is 4.95. The van der Waals surface area contributed by atoms with Gasteiger partial charge in [0, 0.05) is 0 Å². The molecule has 4 heteroatoms. The van der Waals surface area contributed by atoms with Crippen LogP contribution in [0, 0.1) is 0 Å². The molecule has 0 bridgehead atoms. The SMILES string of the molecule is NC1(c2cc(Br)c(Br)o2)CC1. The van der Waals surface area contributed by atoms with Crippen molar-refractivity contribution >= 4 is 31.9 Å². The first-order chi connectivity index (χ1) is 5.12. The Morgan fingerprint density at radius 3 is 2.45 bits per heavy atom. The maximum atomic E-state index is 5.91. The van der Waals surface area contributed by atoms with Gasteiger partial charge < -0.3 is 10.2 Å². The summed E-state index contributed by atoms with van der Waals surface area (Å²) in [5.41, 5.74) is 5.74. The first kappa shape index (κ1) is 7.83. The van der Waals surface area contributed by atoms with Gasteiger partial charge in [-0.2, -0.15) is 0 Å². The quantitative estimate of drug-likeness (QED) is 0.859. The van der Waals surface area contributed by atoms with Gasteiger partial charge in [0.1, 0.15) is 5.76 Å². The van der Waals surface area contributed by atoms with Gasteiger partial charge in [0.05, 0.1) is 10.0 Å². The zero-order valence-electron chi connectivity index (χ0n) is 5.73. The molecule has 1 fully saturated rings. The lowest BCUT2D eigenvalue weighted by Gasteiger charge is -2.01. The Balaban J connectivity index is 2.39. The molecule has 0 aliphatic heterocycles. The van der Waals surface area contributed by atoms with Gasteiger partial charge in [-0.1, -0.05) is 0 Å². The summed E-state index contributed by atoms with van der Waals surface area (Å²) in [6.07, 6.45) is 2.05. The molecule has 0 saturated heterocycles. The van der Waals surface area contributed by atoms with Gasteiger partial charge in [-0.05, 0) is 50.8 Å². The lowest BCUT2D eigenvalue weighted by molar-refractivity contribution is 0.440. The molecule has 1 aliphatic carbocycles. The molecule has 0 atom stereocenters. The Hall–Kier alpha value is 0.200. The van der Waals surface area contributed by atoms with E-state index in [1.54, 1.807) is 0 Å². The van der Waals surface area contributed by atoms with E-state index in [1.165, 1.54) is 0 Å². The average Bonchev–Trinajstić information content (AvgIpc) is 2.59. The largest absolute Gasteiger partial charge is 0.451 e. The summed E-state index contributed by atoms with van der Waals surface area (Å²) < 4.78 is 7.05. The van der Waals surface area contributed by atoms with E-state index in [9.17, 15) is 0 Å². The third-order valence-corrected chi connectivity index (χ3v) is 3.63. The summed E-state index contributed by atoms with van der Waals surface area (Å²) >= 11 is 6.61. The summed E-state index contributed by atoms with van der Waals surface area (Å²) in [6.45, 7) is 0. The van der Waals surface area contributed by atoms with Gasteiger partial charge in [0.15, 0.2) is 4.67 Å². The highest BCUT2D eigenvalue weighted by atomic mass is 79.9. The van der Waals surface area contributed by atoms with Crippen molar-refractivity contribution in [3.8, 4) is 0 Å². The van der Waals surface area contributed by atoms with Gasteiger partial charge >= 0.3 is 0 Å². The molecule has 0 radical (unpaired) electrons. The van der Waals surface area contributed by atoms with Gasteiger partial charge in [-0.25, -0.2) is 0 Å². The van der Waals surface area contributed by atoms with Crippen LogP contribution in [0.3, 0.4) is 0 Å². The molecule has 0 aromatic carbocycles. The van der Waals surface area contributed by atoms with E-state index >= 15 is 0 Å². The van der Waals surface area contributed by atoms with Crippen LogP contribution >= 0.6 is 31.9 Å². The number of furan rings is 1. The van der Waals surface area contributed by atoms with Crippen LogP contribution in [0.25, 0.3) is 0 Å². The van der Waals surface area contributed by atoms with E-state index in [-0.39, 0.29) is 5.54 Å². The normalized spacial score (nSPS) is 20.3. The standard InChI is InChI=1S/C7H7Br2NO/c8-4-3-5(11-6(4)9)7(10)1-2-7/h3H,1-2,10H2. The molecule has 1 aromatic rings. The smallest absolute Gasteiger partial charge is 0.183 e. The van der Waals surface area contributed by atoms with E-state index < -0.39 is 0 Å². The summed E-state index contributed by atoms with van der Waals surface area (Å²) in [5, 5.41) is 0. The van der Waals surface area contributed by atoms with Crippen LogP contribution in [-0.2, 0) is 5.54 Å². The van der Waals surface area contributed by atoms with E-state index in [0.717, 1.165) is 27.7 Å². The highest BCUT2D eigenvalue weighted by Crippen LogP contribution is 2.45. The van der Waals surface area contributed by atoms with Crippen LogP contribution in [0.15, 0.2) is 19.6 Å². The van der Waals surface area contributed by atoms with Crippen molar-refractivity contribution in [2.45, 2.75) is 18.4 Å². The number of halogens is 2. The summed E-state index contributed by atoms with van der Waals surface area (Å²) in [7, 11) is 0. The summed E-state index contributed by atoms with van der Waals surface area (Å²) in [4.78, 5) is 0. The molecule has 11 heavy (non-hydrogen) atoms. The fourth-order valence-corrected chi connectivity index (χ4v) is 1.55. The third kappa shape index (κ3) is 1.27. The molecular formula is C7H7Br2NO. The van der Waals surface area contributed by atoms with Crippen LogP contribution in [0.2, 0.25) is 0 Å². The van der Waals surface area contributed by atoms with Crippen molar-refractivity contribution in [1.29, 1.82) is 0 Å². The van der Waals surface area contributed by atoms with Crippen molar-refractivity contribution in [3.63, 3.8) is 0 Å². The molecule has 2 N–H and O–H groups in total. The Bertz CT molecular complexity index is 271. The Morgan fingerprint density at radius 1 is 1.45 bits per heavy atom. The van der Waals surface area contributed by atoms with Crippen LogP contribution in [0.1, 0.15) is 18.6 Å².